The van der Waals surface area contributed by atoms with E-state index in [1.807, 2.05) is 0 Å². The standard InChI is InChI=1S/C13H16NO5P/c1-19-13(16)11(8-9-20(2,17)18)14-12(15)10-6-4-3-5-7-10/h3-8H,9H2,1-2H3,(H,14,15)(H,17,18)/b11-8-. The number of carbonyl (C=O) groups excluding carboxylic acids is 2. The highest BCUT2D eigenvalue weighted by Gasteiger charge is 2.16. The zero-order chi connectivity index (χ0) is 15.2. The van der Waals surface area contributed by atoms with Crippen molar-refractivity contribution in [3.63, 3.8) is 0 Å². The Labute approximate surface area is 116 Å². The first-order valence-electron chi connectivity index (χ1n) is 5.77. The Hall–Kier alpha value is -1.91. The fourth-order valence-corrected chi connectivity index (χ4v) is 1.86. The van der Waals surface area contributed by atoms with Crippen LogP contribution in [0.1, 0.15) is 10.4 Å². The molecule has 1 aromatic rings. The third-order valence-electron chi connectivity index (χ3n) is 2.32. The fourth-order valence-electron chi connectivity index (χ4n) is 1.34. The van der Waals surface area contributed by atoms with Gasteiger partial charge in [-0.05, 0) is 18.2 Å². The number of rotatable bonds is 5. The van der Waals surface area contributed by atoms with Crippen molar-refractivity contribution in [2.45, 2.75) is 0 Å². The molecule has 0 bridgehead atoms. The molecule has 0 fully saturated rings. The number of ether oxygens (including phenoxy) is 1. The predicted molar refractivity (Wildman–Crippen MR) is 74.6 cm³/mol. The number of hydrogen-bond acceptors (Lipinski definition) is 4. The summed E-state index contributed by atoms with van der Waals surface area (Å²) < 4.78 is 15.8. The van der Waals surface area contributed by atoms with E-state index >= 15 is 0 Å². The van der Waals surface area contributed by atoms with Gasteiger partial charge in [0.2, 0.25) is 7.37 Å². The molecule has 1 aromatic carbocycles. The molecular formula is C13H16NO5P. The number of carbonyl (C=O) groups is 2. The lowest BCUT2D eigenvalue weighted by molar-refractivity contribution is -0.136. The van der Waals surface area contributed by atoms with E-state index in [1.165, 1.54) is 6.08 Å². The highest BCUT2D eigenvalue weighted by atomic mass is 31.2. The van der Waals surface area contributed by atoms with Crippen molar-refractivity contribution in [3.05, 3.63) is 47.7 Å². The molecule has 1 atom stereocenters. The van der Waals surface area contributed by atoms with Crippen LogP contribution in [-0.4, -0.2) is 36.7 Å². The van der Waals surface area contributed by atoms with Crippen LogP contribution in [-0.2, 0) is 14.1 Å². The molecule has 20 heavy (non-hydrogen) atoms. The van der Waals surface area contributed by atoms with Gasteiger partial charge in [0, 0.05) is 18.4 Å². The Kier molecular flexibility index (Phi) is 5.67. The molecule has 7 heteroatoms. The van der Waals surface area contributed by atoms with Crippen LogP contribution in [0.5, 0.6) is 0 Å². The summed E-state index contributed by atoms with van der Waals surface area (Å²) in [5.41, 5.74) is 0.212. The van der Waals surface area contributed by atoms with E-state index in [0.717, 1.165) is 13.8 Å². The van der Waals surface area contributed by atoms with E-state index in [-0.39, 0.29) is 11.9 Å². The van der Waals surface area contributed by atoms with E-state index in [0.29, 0.717) is 5.56 Å². The average Bonchev–Trinajstić information content (AvgIpc) is 2.42. The van der Waals surface area contributed by atoms with Gasteiger partial charge in [0.25, 0.3) is 5.91 Å². The van der Waals surface area contributed by atoms with Crippen LogP contribution in [0.4, 0.5) is 0 Å². The molecule has 1 unspecified atom stereocenters. The number of esters is 1. The number of methoxy groups -OCH3 is 1. The van der Waals surface area contributed by atoms with Crippen molar-refractivity contribution in [2.75, 3.05) is 19.9 Å². The average molecular weight is 297 g/mol. The summed E-state index contributed by atoms with van der Waals surface area (Å²) in [6.07, 6.45) is 0.958. The van der Waals surface area contributed by atoms with Crippen molar-refractivity contribution >= 4 is 19.2 Å². The summed E-state index contributed by atoms with van der Waals surface area (Å²) in [6, 6.07) is 8.30. The first-order chi connectivity index (χ1) is 9.33. The van der Waals surface area contributed by atoms with Crippen LogP contribution < -0.4 is 5.32 Å². The first-order valence-corrected chi connectivity index (χ1v) is 8.07. The van der Waals surface area contributed by atoms with Crippen LogP contribution in [0.25, 0.3) is 0 Å². The van der Waals surface area contributed by atoms with Crippen LogP contribution in [0.2, 0.25) is 0 Å². The Bertz CT molecular complexity index is 561. The van der Waals surface area contributed by atoms with Crippen molar-refractivity contribution in [2.24, 2.45) is 0 Å². The van der Waals surface area contributed by atoms with Gasteiger partial charge >= 0.3 is 5.97 Å². The number of hydrogen-bond donors (Lipinski definition) is 2. The summed E-state index contributed by atoms with van der Waals surface area (Å²) in [5.74, 6) is -1.27. The first kappa shape index (κ1) is 16.1. The zero-order valence-corrected chi connectivity index (χ0v) is 12.1. The maximum atomic E-state index is 11.9. The quantitative estimate of drug-likeness (QED) is 0.486. The molecule has 0 radical (unpaired) electrons. The molecule has 0 aromatic heterocycles. The number of allylic oxidation sites excluding steroid dienone is 1. The number of benzene rings is 1. The maximum Gasteiger partial charge on any atom is 0.354 e. The fraction of sp³-hybridized carbons (Fsp3) is 0.231. The van der Waals surface area contributed by atoms with Gasteiger partial charge in [0.05, 0.1) is 7.11 Å². The molecule has 0 spiro atoms. The zero-order valence-electron chi connectivity index (χ0n) is 11.2. The monoisotopic (exact) mass is 297 g/mol. The summed E-state index contributed by atoms with van der Waals surface area (Å²) in [7, 11) is -2.16. The van der Waals surface area contributed by atoms with E-state index in [4.69, 9.17) is 0 Å². The lowest BCUT2D eigenvalue weighted by atomic mass is 10.2. The summed E-state index contributed by atoms with van der Waals surface area (Å²) in [4.78, 5) is 32.6. The van der Waals surface area contributed by atoms with E-state index in [9.17, 15) is 19.0 Å². The lowest BCUT2D eigenvalue weighted by Gasteiger charge is -2.09. The molecule has 6 nitrogen and oxygen atoms in total. The second-order valence-corrected chi connectivity index (χ2v) is 6.63. The molecule has 0 heterocycles. The Morgan fingerprint density at radius 3 is 2.45 bits per heavy atom. The van der Waals surface area contributed by atoms with E-state index < -0.39 is 19.2 Å². The van der Waals surface area contributed by atoms with Gasteiger partial charge in [0.1, 0.15) is 5.70 Å². The number of nitrogens with one attached hydrogen (secondary N) is 1. The van der Waals surface area contributed by atoms with Crippen LogP contribution >= 0.6 is 7.37 Å². The van der Waals surface area contributed by atoms with Crippen LogP contribution in [0.3, 0.4) is 0 Å². The minimum Gasteiger partial charge on any atom is -0.464 e. The molecule has 0 aliphatic heterocycles. The van der Waals surface area contributed by atoms with Crippen molar-refractivity contribution in [1.82, 2.24) is 5.32 Å². The van der Waals surface area contributed by atoms with Gasteiger partial charge in [-0.3, -0.25) is 9.36 Å². The summed E-state index contributed by atoms with van der Waals surface area (Å²) in [5, 5.41) is 2.37. The van der Waals surface area contributed by atoms with Gasteiger partial charge in [-0.15, -0.1) is 0 Å². The molecule has 0 aliphatic rings. The van der Waals surface area contributed by atoms with Crippen LogP contribution in [0, 0.1) is 0 Å². The normalized spacial score (nSPS) is 14.2. The van der Waals surface area contributed by atoms with Gasteiger partial charge in [-0.2, -0.15) is 0 Å². The molecule has 2 N–H and O–H groups in total. The maximum absolute atomic E-state index is 11.9. The third-order valence-corrected chi connectivity index (χ3v) is 3.18. The number of amides is 1. The highest BCUT2D eigenvalue weighted by molar-refractivity contribution is 7.57. The second kappa shape index (κ2) is 7.03. The minimum atomic E-state index is -3.32. The van der Waals surface area contributed by atoms with Crippen molar-refractivity contribution in [3.8, 4) is 0 Å². The smallest absolute Gasteiger partial charge is 0.354 e. The molecular weight excluding hydrogens is 281 g/mol. The van der Waals surface area contributed by atoms with Gasteiger partial charge in [0.15, 0.2) is 0 Å². The molecule has 108 valence electrons. The van der Waals surface area contributed by atoms with Gasteiger partial charge in [-0.25, -0.2) is 4.79 Å². The third kappa shape index (κ3) is 5.38. The Balaban J connectivity index is 2.88. The summed E-state index contributed by atoms with van der Waals surface area (Å²) >= 11 is 0. The SMILES string of the molecule is COC(=O)/C(=C/CP(C)(=O)O)NC(=O)c1ccccc1. The van der Waals surface area contributed by atoms with E-state index in [1.54, 1.807) is 30.3 Å². The topological polar surface area (TPSA) is 92.7 Å². The Morgan fingerprint density at radius 1 is 1.35 bits per heavy atom. The largest absolute Gasteiger partial charge is 0.464 e. The summed E-state index contributed by atoms with van der Waals surface area (Å²) in [6.45, 7) is 1.16. The lowest BCUT2D eigenvalue weighted by Crippen LogP contribution is -2.28. The van der Waals surface area contributed by atoms with Gasteiger partial charge < -0.3 is 14.9 Å². The van der Waals surface area contributed by atoms with E-state index in [2.05, 4.69) is 10.1 Å². The molecule has 1 amide bonds. The molecule has 1 rings (SSSR count). The minimum absolute atomic E-state index is 0.155. The molecule has 0 saturated carbocycles. The van der Waals surface area contributed by atoms with Gasteiger partial charge in [-0.1, -0.05) is 18.2 Å². The van der Waals surface area contributed by atoms with Crippen LogP contribution in [0.15, 0.2) is 42.1 Å². The van der Waals surface area contributed by atoms with Crippen molar-refractivity contribution in [1.29, 1.82) is 0 Å². The highest BCUT2D eigenvalue weighted by Crippen LogP contribution is 2.34. The molecule has 0 aliphatic carbocycles. The Morgan fingerprint density at radius 2 is 1.95 bits per heavy atom. The van der Waals surface area contributed by atoms with Crippen molar-refractivity contribution < 1.29 is 23.8 Å². The molecule has 0 saturated heterocycles. The second-order valence-electron chi connectivity index (χ2n) is 4.16. The predicted octanol–water partition coefficient (Wildman–Crippen LogP) is 1.37.